The van der Waals surface area contributed by atoms with E-state index in [-0.39, 0.29) is 12.2 Å². The molecule has 0 aliphatic heterocycles. The van der Waals surface area contributed by atoms with E-state index in [4.69, 9.17) is 0 Å². The molecule has 0 saturated heterocycles. The maximum absolute atomic E-state index is 12.8. The standard InChI is InChI=1S/C15H21F4N3/c1-2-20-14(21-10-4-3-9-15(17,18)19)22-11-12-5-7-13(16)8-6-12/h5-8H,2-4,9-11H2,1H3,(H2,20,21,22). The molecule has 0 radical (unpaired) electrons. The quantitative estimate of drug-likeness (QED) is 0.349. The maximum Gasteiger partial charge on any atom is 0.389 e. The van der Waals surface area contributed by atoms with Gasteiger partial charge in [-0.15, -0.1) is 0 Å². The van der Waals surface area contributed by atoms with E-state index in [2.05, 4.69) is 15.6 Å². The zero-order chi connectivity index (χ0) is 16.4. The third kappa shape index (κ3) is 8.49. The normalized spacial score (nSPS) is 12.3. The number of hydrogen-bond donors (Lipinski definition) is 2. The van der Waals surface area contributed by atoms with Crippen LogP contribution in [-0.2, 0) is 6.54 Å². The van der Waals surface area contributed by atoms with Crippen LogP contribution in [0.25, 0.3) is 0 Å². The van der Waals surface area contributed by atoms with Gasteiger partial charge in [0.1, 0.15) is 5.82 Å². The summed E-state index contributed by atoms with van der Waals surface area (Å²) in [6, 6.07) is 6.02. The lowest BCUT2D eigenvalue weighted by molar-refractivity contribution is -0.135. The Hall–Kier alpha value is -1.79. The summed E-state index contributed by atoms with van der Waals surface area (Å²) >= 11 is 0. The lowest BCUT2D eigenvalue weighted by atomic mass is 10.2. The number of unbranched alkanes of at least 4 members (excludes halogenated alkanes) is 1. The first-order valence-corrected chi connectivity index (χ1v) is 7.24. The van der Waals surface area contributed by atoms with Crippen LogP contribution < -0.4 is 10.6 Å². The maximum atomic E-state index is 12.8. The van der Waals surface area contributed by atoms with Crippen LogP contribution in [0.3, 0.4) is 0 Å². The molecule has 0 heterocycles. The minimum atomic E-state index is -4.10. The molecule has 0 aromatic heterocycles. The van der Waals surface area contributed by atoms with E-state index >= 15 is 0 Å². The minimum Gasteiger partial charge on any atom is -0.357 e. The Labute approximate surface area is 127 Å². The molecule has 0 aliphatic carbocycles. The molecule has 0 bridgehead atoms. The fourth-order valence-corrected chi connectivity index (χ4v) is 1.76. The molecule has 1 rings (SSSR count). The van der Waals surface area contributed by atoms with Gasteiger partial charge in [0.2, 0.25) is 0 Å². The smallest absolute Gasteiger partial charge is 0.357 e. The first-order valence-electron chi connectivity index (χ1n) is 7.24. The van der Waals surface area contributed by atoms with Gasteiger partial charge in [0.25, 0.3) is 0 Å². The molecular formula is C15H21F4N3. The first-order chi connectivity index (χ1) is 10.4. The fourth-order valence-electron chi connectivity index (χ4n) is 1.76. The van der Waals surface area contributed by atoms with Crippen molar-refractivity contribution in [1.29, 1.82) is 0 Å². The van der Waals surface area contributed by atoms with Crippen LogP contribution in [-0.4, -0.2) is 25.2 Å². The van der Waals surface area contributed by atoms with Crippen molar-refractivity contribution >= 4 is 5.96 Å². The zero-order valence-electron chi connectivity index (χ0n) is 12.5. The highest BCUT2D eigenvalue weighted by atomic mass is 19.4. The third-order valence-corrected chi connectivity index (χ3v) is 2.86. The molecular weight excluding hydrogens is 298 g/mol. The molecule has 0 fully saturated rings. The van der Waals surface area contributed by atoms with Gasteiger partial charge in [-0.2, -0.15) is 13.2 Å². The second-order valence-electron chi connectivity index (χ2n) is 4.82. The molecule has 1 aromatic rings. The van der Waals surface area contributed by atoms with Gasteiger partial charge in [-0.05, 0) is 37.5 Å². The lowest BCUT2D eigenvalue weighted by Crippen LogP contribution is -2.37. The van der Waals surface area contributed by atoms with E-state index < -0.39 is 12.6 Å². The van der Waals surface area contributed by atoms with Crippen molar-refractivity contribution in [2.24, 2.45) is 4.99 Å². The molecule has 0 saturated carbocycles. The van der Waals surface area contributed by atoms with Crippen LogP contribution in [0.1, 0.15) is 31.7 Å². The second kappa shape index (κ2) is 9.27. The number of guanidine groups is 1. The Balaban J connectivity index is 2.37. The number of nitrogens with one attached hydrogen (secondary N) is 2. The van der Waals surface area contributed by atoms with E-state index in [0.29, 0.717) is 32.0 Å². The number of alkyl halides is 3. The van der Waals surface area contributed by atoms with Crippen molar-refractivity contribution in [2.75, 3.05) is 13.1 Å². The highest BCUT2D eigenvalue weighted by Gasteiger charge is 2.25. The van der Waals surface area contributed by atoms with Gasteiger partial charge in [0, 0.05) is 19.5 Å². The van der Waals surface area contributed by atoms with Gasteiger partial charge in [-0.1, -0.05) is 12.1 Å². The Morgan fingerprint density at radius 2 is 1.77 bits per heavy atom. The number of nitrogens with zero attached hydrogens (tertiary/aromatic N) is 1. The lowest BCUT2D eigenvalue weighted by Gasteiger charge is -2.11. The van der Waals surface area contributed by atoms with Crippen LogP contribution in [0, 0.1) is 5.82 Å². The molecule has 0 aliphatic rings. The van der Waals surface area contributed by atoms with Crippen molar-refractivity contribution in [3.05, 3.63) is 35.6 Å². The predicted octanol–water partition coefficient (Wildman–Crippen LogP) is 3.61. The summed E-state index contributed by atoms with van der Waals surface area (Å²) in [7, 11) is 0. The van der Waals surface area contributed by atoms with Gasteiger partial charge >= 0.3 is 6.18 Å². The molecule has 0 amide bonds. The molecule has 124 valence electrons. The minimum absolute atomic E-state index is 0.0911. The number of benzene rings is 1. The Morgan fingerprint density at radius 3 is 2.36 bits per heavy atom. The van der Waals surface area contributed by atoms with Crippen LogP contribution in [0.4, 0.5) is 17.6 Å². The van der Waals surface area contributed by atoms with Gasteiger partial charge in [0.15, 0.2) is 5.96 Å². The second-order valence-corrected chi connectivity index (χ2v) is 4.82. The average Bonchev–Trinajstić information content (AvgIpc) is 2.44. The summed E-state index contributed by atoms with van der Waals surface area (Å²) < 4.78 is 48.8. The predicted molar refractivity (Wildman–Crippen MR) is 79.1 cm³/mol. The van der Waals surface area contributed by atoms with Gasteiger partial charge in [0.05, 0.1) is 6.54 Å². The summed E-state index contributed by atoms with van der Waals surface area (Å²) in [6.07, 6.45) is -4.35. The molecule has 22 heavy (non-hydrogen) atoms. The van der Waals surface area contributed by atoms with E-state index in [1.165, 1.54) is 12.1 Å². The molecule has 0 spiro atoms. The highest BCUT2D eigenvalue weighted by Crippen LogP contribution is 2.21. The van der Waals surface area contributed by atoms with Crippen molar-refractivity contribution in [1.82, 2.24) is 10.6 Å². The van der Waals surface area contributed by atoms with Crippen molar-refractivity contribution < 1.29 is 17.6 Å². The topological polar surface area (TPSA) is 36.4 Å². The number of hydrogen-bond acceptors (Lipinski definition) is 1. The number of rotatable bonds is 7. The zero-order valence-corrected chi connectivity index (χ0v) is 12.5. The summed E-state index contributed by atoms with van der Waals surface area (Å²) in [6.45, 7) is 3.35. The van der Waals surface area contributed by atoms with Crippen LogP contribution in [0.15, 0.2) is 29.3 Å². The molecule has 0 unspecified atom stereocenters. The van der Waals surface area contributed by atoms with E-state index in [1.54, 1.807) is 12.1 Å². The Bertz CT molecular complexity index is 455. The molecule has 1 aromatic carbocycles. The fraction of sp³-hybridized carbons (Fsp3) is 0.533. The van der Waals surface area contributed by atoms with Crippen LogP contribution >= 0.6 is 0 Å². The summed E-state index contributed by atoms with van der Waals surface area (Å²) in [5, 5.41) is 6.00. The average molecular weight is 319 g/mol. The Kier molecular flexibility index (Phi) is 7.70. The van der Waals surface area contributed by atoms with Crippen LogP contribution in [0.2, 0.25) is 0 Å². The molecule has 2 N–H and O–H groups in total. The number of halogens is 4. The monoisotopic (exact) mass is 319 g/mol. The number of aliphatic imine (C=N–C) groups is 1. The summed E-state index contributed by atoms with van der Waals surface area (Å²) in [5.41, 5.74) is 0.857. The largest absolute Gasteiger partial charge is 0.389 e. The summed E-state index contributed by atoms with van der Waals surface area (Å²) in [4.78, 5) is 4.31. The van der Waals surface area contributed by atoms with Crippen molar-refractivity contribution in [3.63, 3.8) is 0 Å². The van der Waals surface area contributed by atoms with Gasteiger partial charge in [-0.25, -0.2) is 9.38 Å². The Morgan fingerprint density at radius 1 is 1.09 bits per heavy atom. The highest BCUT2D eigenvalue weighted by molar-refractivity contribution is 5.79. The summed E-state index contributed by atoms with van der Waals surface area (Å²) in [5.74, 6) is 0.237. The third-order valence-electron chi connectivity index (χ3n) is 2.86. The molecule has 7 heteroatoms. The van der Waals surface area contributed by atoms with E-state index in [1.807, 2.05) is 6.92 Å². The first kappa shape index (κ1) is 18.3. The van der Waals surface area contributed by atoms with E-state index in [9.17, 15) is 17.6 Å². The SMILES string of the molecule is CCNC(=NCc1ccc(F)cc1)NCCCCC(F)(F)F. The van der Waals surface area contributed by atoms with Crippen LogP contribution in [0.5, 0.6) is 0 Å². The van der Waals surface area contributed by atoms with Crippen molar-refractivity contribution in [2.45, 2.75) is 38.9 Å². The molecule has 3 nitrogen and oxygen atoms in total. The van der Waals surface area contributed by atoms with Gasteiger partial charge < -0.3 is 10.6 Å². The van der Waals surface area contributed by atoms with E-state index in [0.717, 1.165) is 5.56 Å². The molecule has 0 atom stereocenters. The van der Waals surface area contributed by atoms with Crippen molar-refractivity contribution in [3.8, 4) is 0 Å². The van der Waals surface area contributed by atoms with Gasteiger partial charge in [-0.3, -0.25) is 0 Å².